The molecule has 6 nitrogen and oxygen atoms in total. The highest BCUT2D eigenvalue weighted by molar-refractivity contribution is 4.94. The van der Waals surface area contributed by atoms with Crippen LogP contribution < -0.4 is 0 Å². The minimum absolute atomic E-state index is 0.503. The average molecular weight is 189 g/mol. The van der Waals surface area contributed by atoms with Crippen LogP contribution in [0.5, 0.6) is 0 Å². The van der Waals surface area contributed by atoms with E-state index in [1.165, 1.54) is 0 Å². The van der Waals surface area contributed by atoms with Gasteiger partial charge in [0.25, 0.3) is 0 Å². The molecule has 4 N–H and O–H groups in total. The molecule has 1 heterocycles. The number of hydrogen-bond donors (Lipinski definition) is 4. The van der Waals surface area contributed by atoms with Gasteiger partial charge in [-0.05, 0) is 0 Å². The first-order chi connectivity index (χ1) is 6.11. The zero-order chi connectivity index (χ0) is 10.0. The van der Waals surface area contributed by atoms with Gasteiger partial charge < -0.3 is 20.4 Å². The van der Waals surface area contributed by atoms with Crippen molar-refractivity contribution in [2.45, 2.75) is 30.6 Å². The Morgan fingerprint density at radius 2 is 1.77 bits per heavy atom. The lowest BCUT2D eigenvalue weighted by molar-refractivity contribution is -0.217. The molecular weight excluding hydrogens is 178 g/mol. The van der Waals surface area contributed by atoms with Crippen LogP contribution in [0, 0.1) is 6.57 Å². The van der Waals surface area contributed by atoms with Crippen LogP contribution in [0.15, 0.2) is 0 Å². The Morgan fingerprint density at radius 3 is 2.23 bits per heavy atom. The Bertz CT molecular complexity index is 213. The van der Waals surface area contributed by atoms with E-state index in [0.717, 1.165) is 0 Å². The molecule has 0 spiro atoms. The topological polar surface area (TPSA) is 94.5 Å². The Balaban J connectivity index is 2.73. The van der Waals surface area contributed by atoms with Gasteiger partial charge in [-0.2, -0.15) is 0 Å². The maximum Gasteiger partial charge on any atom is 0.356 e. The molecule has 0 saturated carbocycles. The van der Waals surface area contributed by atoms with Crippen LogP contribution in [0.1, 0.15) is 0 Å². The smallest absolute Gasteiger partial charge is 0.356 e. The molecule has 1 aliphatic heterocycles. The largest absolute Gasteiger partial charge is 0.394 e. The lowest BCUT2D eigenvalue weighted by Crippen LogP contribution is -2.57. The second-order valence-corrected chi connectivity index (χ2v) is 2.85. The second-order valence-electron chi connectivity index (χ2n) is 2.85. The molecule has 5 unspecified atom stereocenters. The molecule has 0 amide bonds. The molecule has 1 saturated heterocycles. The fourth-order valence-electron chi connectivity index (χ4n) is 1.19. The van der Waals surface area contributed by atoms with Crippen molar-refractivity contribution in [1.82, 2.24) is 0 Å². The van der Waals surface area contributed by atoms with Crippen LogP contribution in [0.3, 0.4) is 0 Å². The van der Waals surface area contributed by atoms with E-state index in [4.69, 9.17) is 16.4 Å². The zero-order valence-corrected chi connectivity index (χ0v) is 6.74. The molecular formula is C7H11NO5. The molecule has 0 aromatic rings. The number of ether oxygens (including phenoxy) is 1. The SMILES string of the molecule is [C-]#[N+]C1OC(CO)C(O)C(O)C1O. The van der Waals surface area contributed by atoms with Gasteiger partial charge in [-0.25, -0.2) is 6.57 Å². The van der Waals surface area contributed by atoms with Crippen molar-refractivity contribution in [3.05, 3.63) is 11.4 Å². The normalized spacial score (nSPS) is 45.6. The Morgan fingerprint density at radius 1 is 1.15 bits per heavy atom. The fraction of sp³-hybridized carbons (Fsp3) is 0.857. The lowest BCUT2D eigenvalue weighted by Gasteiger charge is -2.34. The molecule has 74 valence electrons. The Kier molecular flexibility index (Phi) is 3.19. The number of aliphatic hydroxyl groups excluding tert-OH is 4. The van der Waals surface area contributed by atoms with E-state index in [-0.39, 0.29) is 0 Å². The van der Waals surface area contributed by atoms with Crippen molar-refractivity contribution in [3.63, 3.8) is 0 Å². The van der Waals surface area contributed by atoms with E-state index in [1.807, 2.05) is 0 Å². The van der Waals surface area contributed by atoms with Crippen LogP contribution in [0.25, 0.3) is 4.85 Å². The first kappa shape index (κ1) is 10.4. The molecule has 1 fully saturated rings. The van der Waals surface area contributed by atoms with Crippen molar-refractivity contribution in [3.8, 4) is 0 Å². The number of rotatable bonds is 1. The fourth-order valence-corrected chi connectivity index (χ4v) is 1.19. The van der Waals surface area contributed by atoms with Gasteiger partial charge in [0.2, 0.25) is 0 Å². The van der Waals surface area contributed by atoms with E-state index in [1.54, 1.807) is 0 Å². The van der Waals surface area contributed by atoms with Crippen LogP contribution in [0.4, 0.5) is 0 Å². The Labute approximate surface area is 74.8 Å². The number of hydrogen-bond acceptors (Lipinski definition) is 5. The van der Waals surface area contributed by atoms with Crippen LogP contribution in [-0.2, 0) is 4.74 Å². The summed E-state index contributed by atoms with van der Waals surface area (Å²) in [6.45, 7) is 6.11. The molecule has 0 bridgehead atoms. The van der Waals surface area contributed by atoms with Gasteiger partial charge in [0, 0.05) is 0 Å². The minimum atomic E-state index is -1.45. The molecule has 0 aromatic carbocycles. The van der Waals surface area contributed by atoms with Gasteiger partial charge in [0.05, 0.1) is 6.61 Å². The second kappa shape index (κ2) is 4.00. The predicted molar refractivity (Wildman–Crippen MR) is 40.4 cm³/mol. The predicted octanol–water partition coefficient (Wildman–Crippen LogP) is -2.29. The van der Waals surface area contributed by atoms with Gasteiger partial charge in [-0.1, -0.05) is 0 Å². The van der Waals surface area contributed by atoms with Gasteiger partial charge in [-0.15, -0.1) is 0 Å². The lowest BCUT2D eigenvalue weighted by atomic mass is 9.99. The molecule has 6 heteroatoms. The summed E-state index contributed by atoms with van der Waals surface area (Å²) in [6, 6.07) is 0. The first-order valence-electron chi connectivity index (χ1n) is 3.79. The summed E-state index contributed by atoms with van der Waals surface area (Å²) < 4.78 is 4.82. The zero-order valence-electron chi connectivity index (χ0n) is 6.74. The monoisotopic (exact) mass is 189 g/mol. The van der Waals surface area contributed by atoms with E-state index < -0.39 is 37.3 Å². The number of nitrogens with zero attached hydrogens (tertiary/aromatic N) is 1. The summed E-state index contributed by atoms with van der Waals surface area (Å²) in [5.41, 5.74) is 0. The third-order valence-electron chi connectivity index (χ3n) is 1.99. The van der Waals surface area contributed by atoms with Crippen molar-refractivity contribution >= 4 is 0 Å². The van der Waals surface area contributed by atoms with Crippen molar-refractivity contribution < 1.29 is 25.2 Å². The minimum Gasteiger partial charge on any atom is -0.394 e. The standard InChI is InChI=1S/C7H11NO5/c1-8-7-6(12)5(11)4(10)3(2-9)13-7/h3-7,9-12H,2H2. The van der Waals surface area contributed by atoms with E-state index in [0.29, 0.717) is 0 Å². The van der Waals surface area contributed by atoms with Crippen LogP contribution in [0.2, 0.25) is 0 Å². The quantitative estimate of drug-likeness (QED) is 0.348. The summed E-state index contributed by atoms with van der Waals surface area (Å²) in [6.07, 6.45) is -6.49. The summed E-state index contributed by atoms with van der Waals surface area (Å²) in [5.74, 6) is 0. The van der Waals surface area contributed by atoms with E-state index in [2.05, 4.69) is 4.85 Å². The van der Waals surface area contributed by atoms with Gasteiger partial charge in [-0.3, -0.25) is 9.58 Å². The van der Waals surface area contributed by atoms with E-state index >= 15 is 0 Å². The molecule has 13 heavy (non-hydrogen) atoms. The summed E-state index contributed by atoms with van der Waals surface area (Å²) in [4.78, 5) is 2.91. The molecule has 1 aliphatic rings. The van der Waals surface area contributed by atoms with Gasteiger partial charge in [0.15, 0.2) is 6.10 Å². The highest BCUT2D eigenvalue weighted by atomic mass is 16.6. The molecule has 0 aliphatic carbocycles. The summed E-state index contributed by atoms with van der Waals surface area (Å²) in [5, 5.41) is 36.3. The third-order valence-corrected chi connectivity index (χ3v) is 1.99. The van der Waals surface area contributed by atoms with Crippen molar-refractivity contribution in [2.24, 2.45) is 0 Å². The highest BCUT2D eigenvalue weighted by Gasteiger charge is 2.46. The van der Waals surface area contributed by atoms with Gasteiger partial charge >= 0.3 is 6.23 Å². The van der Waals surface area contributed by atoms with E-state index in [9.17, 15) is 15.3 Å². The van der Waals surface area contributed by atoms with Gasteiger partial charge in [0.1, 0.15) is 18.3 Å². The van der Waals surface area contributed by atoms with Crippen molar-refractivity contribution in [1.29, 1.82) is 0 Å². The van der Waals surface area contributed by atoms with Crippen LogP contribution >= 0.6 is 0 Å². The Hall–Kier alpha value is -0.710. The summed E-state index contributed by atoms with van der Waals surface area (Å²) in [7, 11) is 0. The maximum atomic E-state index is 9.22. The first-order valence-corrected chi connectivity index (χ1v) is 3.79. The molecule has 0 radical (unpaired) electrons. The molecule has 0 aromatic heterocycles. The maximum absolute atomic E-state index is 9.22. The summed E-state index contributed by atoms with van der Waals surface area (Å²) >= 11 is 0. The average Bonchev–Trinajstić information content (AvgIpc) is 2.15. The molecule has 5 atom stereocenters. The third kappa shape index (κ3) is 1.80. The van der Waals surface area contributed by atoms with Crippen molar-refractivity contribution in [2.75, 3.05) is 6.61 Å². The molecule has 1 rings (SSSR count). The van der Waals surface area contributed by atoms with Crippen LogP contribution in [-0.4, -0.2) is 57.7 Å². The number of aliphatic hydroxyl groups is 4. The highest BCUT2D eigenvalue weighted by Crippen LogP contribution is 2.21.